The Kier molecular flexibility index (Phi) is 4.93. The largest absolute Gasteiger partial charge is 0.354 e. The van der Waals surface area contributed by atoms with E-state index in [1.807, 2.05) is 72.8 Å². The molecule has 2 heterocycles. The molecule has 5 aromatic rings. The number of hydrogen-bond acceptors (Lipinski definition) is 5. The number of para-hydroxylation sites is 1. The maximum atomic E-state index is 12.6. The van der Waals surface area contributed by atoms with Crippen LogP contribution in [0, 0.1) is 6.92 Å². The van der Waals surface area contributed by atoms with Gasteiger partial charge in [0.2, 0.25) is 0 Å². The number of carbonyl (C=O) groups is 1. The first-order valence-corrected chi connectivity index (χ1v) is 10.5. The molecular formula is C24H18N4O2S. The molecule has 0 radical (unpaired) electrons. The quantitative estimate of drug-likeness (QED) is 0.340. The Morgan fingerprint density at radius 2 is 1.61 bits per heavy atom. The van der Waals surface area contributed by atoms with Crippen LogP contribution < -0.4 is 10.6 Å². The lowest BCUT2D eigenvalue weighted by Gasteiger charge is -2.08. The van der Waals surface area contributed by atoms with Gasteiger partial charge in [0.05, 0.1) is 10.2 Å². The van der Waals surface area contributed by atoms with Crippen molar-refractivity contribution in [3.05, 3.63) is 84.6 Å². The van der Waals surface area contributed by atoms with Crippen molar-refractivity contribution in [2.24, 2.45) is 0 Å². The van der Waals surface area contributed by atoms with Gasteiger partial charge in [0.15, 0.2) is 5.76 Å². The van der Waals surface area contributed by atoms with E-state index in [0.717, 1.165) is 26.4 Å². The monoisotopic (exact) mass is 426 g/mol. The fraction of sp³-hybridized carbons (Fsp3) is 0.0417. The van der Waals surface area contributed by atoms with Gasteiger partial charge in [0.25, 0.3) is 0 Å². The maximum absolute atomic E-state index is 12.6. The van der Waals surface area contributed by atoms with Gasteiger partial charge in [-0.3, -0.25) is 0 Å². The van der Waals surface area contributed by atoms with E-state index in [1.54, 1.807) is 18.3 Å². The Hall–Kier alpha value is -3.97. The van der Waals surface area contributed by atoms with E-state index in [-0.39, 0.29) is 6.03 Å². The van der Waals surface area contributed by atoms with E-state index in [0.29, 0.717) is 22.8 Å². The van der Waals surface area contributed by atoms with Gasteiger partial charge < -0.3 is 15.2 Å². The second-order valence-electron chi connectivity index (χ2n) is 6.98. The Morgan fingerprint density at radius 1 is 0.871 bits per heavy atom. The number of fused-ring (bicyclic) bond motifs is 1. The third-order valence-corrected chi connectivity index (χ3v) is 5.91. The minimum absolute atomic E-state index is 0.365. The van der Waals surface area contributed by atoms with E-state index in [1.165, 1.54) is 0 Å². The van der Waals surface area contributed by atoms with Crippen molar-refractivity contribution in [2.45, 2.75) is 6.92 Å². The highest BCUT2D eigenvalue weighted by Gasteiger charge is 2.17. The van der Waals surface area contributed by atoms with Crippen molar-refractivity contribution in [1.82, 2.24) is 10.1 Å². The molecule has 0 aliphatic heterocycles. The van der Waals surface area contributed by atoms with Crippen LogP contribution in [0.15, 0.2) is 83.4 Å². The summed E-state index contributed by atoms with van der Waals surface area (Å²) in [6.45, 7) is 1.79. The van der Waals surface area contributed by atoms with Crippen LogP contribution in [-0.4, -0.2) is 16.2 Å². The molecule has 0 atom stereocenters. The van der Waals surface area contributed by atoms with E-state index < -0.39 is 0 Å². The second-order valence-corrected chi connectivity index (χ2v) is 8.01. The molecule has 0 aliphatic rings. The van der Waals surface area contributed by atoms with Crippen LogP contribution in [0.1, 0.15) is 5.69 Å². The minimum Gasteiger partial charge on any atom is -0.354 e. The van der Waals surface area contributed by atoms with Gasteiger partial charge in [-0.15, -0.1) is 11.3 Å². The Labute approximate surface area is 182 Å². The summed E-state index contributed by atoms with van der Waals surface area (Å²) >= 11 is 1.65. The second kappa shape index (κ2) is 8.04. The highest BCUT2D eigenvalue weighted by molar-refractivity contribution is 7.21. The zero-order chi connectivity index (χ0) is 21.2. The molecule has 2 aromatic heterocycles. The van der Waals surface area contributed by atoms with Crippen molar-refractivity contribution in [2.75, 3.05) is 10.6 Å². The zero-order valence-corrected chi connectivity index (χ0v) is 17.4. The lowest BCUT2D eigenvalue weighted by Crippen LogP contribution is -2.20. The number of hydrogen-bond donors (Lipinski definition) is 2. The number of thiazole rings is 1. The molecule has 0 spiro atoms. The molecule has 0 saturated carbocycles. The molecule has 7 heteroatoms. The van der Waals surface area contributed by atoms with Gasteiger partial charge in [0, 0.05) is 16.8 Å². The summed E-state index contributed by atoms with van der Waals surface area (Å²) in [4.78, 5) is 17.3. The van der Waals surface area contributed by atoms with Crippen LogP contribution in [0.4, 0.5) is 16.2 Å². The minimum atomic E-state index is -0.365. The molecule has 0 aliphatic carbocycles. The normalized spacial score (nSPS) is 10.9. The first-order chi connectivity index (χ1) is 15.2. The van der Waals surface area contributed by atoms with Gasteiger partial charge >= 0.3 is 6.03 Å². The van der Waals surface area contributed by atoms with E-state index in [2.05, 4.69) is 26.8 Å². The molecule has 0 unspecified atom stereocenters. The van der Waals surface area contributed by atoms with Gasteiger partial charge in [0.1, 0.15) is 16.4 Å². The summed E-state index contributed by atoms with van der Waals surface area (Å²) in [6, 6.07) is 24.9. The van der Waals surface area contributed by atoms with Gasteiger partial charge in [-0.1, -0.05) is 47.6 Å². The molecule has 3 aromatic carbocycles. The van der Waals surface area contributed by atoms with Crippen LogP contribution in [0.5, 0.6) is 0 Å². The van der Waals surface area contributed by atoms with Crippen LogP contribution in [0.2, 0.25) is 0 Å². The van der Waals surface area contributed by atoms with Crippen molar-refractivity contribution >= 4 is 39.0 Å². The van der Waals surface area contributed by atoms with Crippen molar-refractivity contribution < 1.29 is 9.32 Å². The first-order valence-electron chi connectivity index (χ1n) is 9.73. The smallest absolute Gasteiger partial charge is 0.323 e. The number of aryl methyl sites for hydroxylation is 1. The summed E-state index contributed by atoms with van der Waals surface area (Å²) in [7, 11) is 0. The molecule has 0 fully saturated rings. The molecule has 2 N–H and O–H groups in total. The third-order valence-electron chi connectivity index (χ3n) is 4.82. The average molecular weight is 427 g/mol. The first kappa shape index (κ1) is 19.0. The van der Waals surface area contributed by atoms with E-state index in [4.69, 9.17) is 4.52 Å². The van der Waals surface area contributed by atoms with E-state index >= 15 is 0 Å². The maximum Gasteiger partial charge on any atom is 0.323 e. The molecule has 152 valence electrons. The number of urea groups is 1. The predicted molar refractivity (Wildman–Crippen MR) is 124 cm³/mol. The standard InChI is InChI=1S/C24H18N4O2S/c1-15-21(22(30-28-15)16-7-3-2-4-8-16)27-24(29)25-18-13-11-17(12-14-18)23-26-19-9-5-6-10-20(19)31-23/h2-14H,1H3,(H2,25,27,29). The summed E-state index contributed by atoms with van der Waals surface area (Å²) < 4.78 is 6.57. The van der Waals surface area contributed by atoms with Crippen molar-refractivity contribution in [3.8, 4) is 21.9 Å². The molecule has 31 heavy (non-hydrogen) atoms. The van der Waals surface area contributed by atoms with Gasteiger partial charge in [-0.25, -0.2) is 9.78 Å². The number of nitrogens with zero attached hydrogens (tertiary/aromatic N) is 2. The number of carbonyl (C=O) groups excluding carboxylic acids is 1. The van der Waals surface area contributed by atoms with Gasteiger partial charge in [-0.05, 0) is 43.3 Å². The van der Waals surface area contributed by atoms with E-state index in [9.17, 15) is 4.79 Å². The summed E-state index contributed by atoms with van der Waals surface area (Å²) in [5.41, 5.74) is 4.68. The molecule has 6 nitrogen and oxygen atoms in total. The lowest BCUT2D eigenvalue weighted by atomic mass is 10.1. The third kappa shape index (κ3) is 3.91. The molecule has 0 bridgehead atoms. The Balaban J connectivity index is 1.31. The van der Waals surface area contributed by atoms with Gasteiger partial charge in [-0.2, -0.15) is 0 Å². The van der Waals surface area contributed by atoms with Crippen LogP contribution in [-0.2, 0) is 0 Å². The number of benzene rings is 3. The van der Waals surface area contributed by atoms with Crippen molar-refractivity contribution in [3.63, 3.8) is 0 Å². The molecule has 5 rings (SSSR count). The molecule has 0 saturated heterocycles. The molecular weight excluding hydrogens is 408 g/mol. The molecule has 2 amide bonds. The highest BCUT2D eigenvalue weighted by Crippen LogP contribution is 2.32. The summed E-state index contributed by atoms with van der Waals surface area (Å²) in [5, 5.41) is 10.6. The number of aromatic nitrogens is 2. The summed E-state index contributed by atoms with van der Waals surface area (Å²) in [6.07, 6.45) is 0. The number of nitrogens with one attached hydrogen (secondary N) is 2. The fourth-order valence-electron chi connectivity index (χ4n) is 3.27. The summed E-state index contributed by atoms with van der Waals surface area (Å²) in [5.74, 6) is 0.527. The fourth-order valence-corrected chi connectivity index (χ4v) is 4.24. The predicted octanol–water partition coefficient (Wildman–Crippen LogP) is 6.57. The Bertz CT molecular complexity index is 1320. The SMILES string of the molecule is Cc1noc(-c2ccccc2)c1NC(=O)Nc1ccc(-c2nc3ccccc3s2)cc1. The topological polar surface area (TPSA) is 80.0 Å². The number of amides is 2. The number of rotatable bonds is 4. The van der Waals surface area contributed by atoms with Crippen molar-refractivity contribution in [1.29, 1.82) is 0 Å². The Morgan fingerprint density at radius 3 is 2.39 bits per heavy atom. The average Bonchev–Trinajstić information content (AvgIpc) is 3.39. The highest BCUT2D eigenvalue weighted by atomic mass is 32.1. The zero-order valence-electron chi connectivity index (χ0n) is 16.6. The lowest BCUT2D eigenvalue weighted by molar-refractivity contribution is 0.262. The van der Waals surface area contributed by atoms with Crippen LogP contribution in [0.3, 0.4) is 0 Å². The van der Waals surface area contributed by atoms with Crippen LogP contribution in [0.25, 0.3) is 32.1 Å². The van der Waals surface area contributed by atoms with Crippen LogP contribution >= 0.6 is 11.3 Å². The number of anilines is 2.